The summed E-state index contributed by atoms with van der Waals surface area (Å²) in [5, 5.41) is 8.31. The smallest absolute Gasteiger partial charge is 0.0455 e. The van der Waals surface area contributed by atoms with E-state index in [0.29, 0.717) is 0 Å². The van der Waals surface area contributed by atoms with Gasteiger partial charge in [-0.1, -0.05) is 75.2 Å². The van der Waals surface area contributed by atoms with Crippen LogP contribution >= 0.6 is 22.7 Å². The van der Waals surface area contributed by atoms with E-state index in [1.807, 2.05) is 22.7 Å². The molecule has 4 aromatic carbocycles. The summed E-state index contributed by atoms with van der Waals surface area (Å²) in [7, 11) is 0. The first-order valence-electron chi connectivity index (χ1n) is 12.6. The van der Waals surface area contributed by atoms with E-state index >= 15 is 0 Å². The highest BCUT2D eigenvalue weighted by molar-refractivity contribution is 7.28. The van der Waals surface area contributed by atoms with Crippen molar-refractivity contribution in [1.29, 1.82) is 0 Å². The summed E-state index contributed by atoms with van der Waals surface area (Å²) >= 11 is 3.87. The van der Waals surface area contributed by atoms with E-state index in [4.69, 9.17) is 0 Å². The Morgan fingerprint density at radius 2 is 0.941 bits per heavy atom. The summed E-state index contributed by atoms with van der Waals surface area (Å²) in [5.41, 5.74) is 2.92. The normalized spacial score (nSPS) is 11.9. The fourth-order valence-corrected chi connectivity index (χ4v) is 7.32. The zero-order valence-corrected chi connectivity index (χ0v) is 21.6. The SMILES string of the molecule is CCCCc1ccc2ccc3sc(-c4cc5c(ccc6ccc(CCCC)cc65)s4)cc3c2c1. The molecule has 0 fully saturated rings. The molecule has 2 heteroatoms. The fraction of sp³-hybridized carbons (Fsp3) is 0.250. The van der Waals surface area contributed by atoms with E-state index in [2.05, 4.69) is 86.6 Å². The van der Waals surface area contributed by atoms with Crippen LogP contribution in [0.2, 0.25) is 0 Å². The molecule has 0 aliphatic heterocycles. The predicted molar refractivity (Wildman–Crippen MR) is 155 cm³/mol. The predicted octanol–water partition coefficient (Wildman–Crippen LogP) is 10.8. The minimum Gasteiger partial charge on any atom is -0.134 e. The third kappa shape index (κ3) is 3.93. The van der Waals surface area contributed by atoms with E-state index < -0.39 is 0 Å². The Kier molecular flexibility index (Phi) is 5.89. The van der Waals surface area contributed by atoms with Crippen LogP contribution in [0.5, 0.6) is 0 Å². The van der Waals surface area contributed by atoms with Gasteiger partial charge in [0.25, 0.3) is 0 Å². The van der Waals surface area contributed by atoms with Gasteiger partial charge in [-0.25, -0.2) is 0 Å². The summed E-state index contributed by atoms with van der Waals surface area (Å²) in [6, 6.07) is 28.1. The van der Waals surface area contributed by atoms with Crippen molar-refractivity contribution in [3.8, 4) is 9.75 Å². The summed E-state index contributed by atoms with van der Waals surface area (Å²) in [6.45, 7) is 4.54. The second-order valence-electron chi connectivity index (χ2n) is 9.49. The van der Waals surface area contributed by atoms with Crippen LogP contribution < -0.4 is 0 Å². The number of hydrogen-bond donors (Lipinski definition) is 0. The molecule has 0 aliphatic carbocycles. The lowest BCUT2D eigenvalue weighted by molar-refractivity contribution is 0.796. The Balaban J connectivity index is 1.46. The van der Waals surface area contributed by atoms with Crippen molar-refractivity contribution >= 4 is 64.4 Å². The van der Waals surface area contributed by atoms with Gasteiger partial charge in [0.05, 0.1) is 0 Å². The first kappa shape index (κ1) is 21.8. The molecule has 0 saturated heterocycles. The molecule has 6 aromatic rings. The lowest BCUT2D eigenvalue weighted by Gasteiger charge is -2.04. The number of rotatable bonds is 7. The van der Waals surface area contributed by atoms with E-state index in [1.165, 1.54) is 101 Å². The van der Waals surface area contributed by atoms with Gasteiger partial charge in [-0.05, 0) is 82.6 Å². The van der Waals surface area contributed by atoms with E-state index in [9.17, 15) is 0 Å². The second-order valence-corrected chi connectivity index (χ2v) is 11.7. The van der Waals surface area contributed by atoms with Crippen LogP contribution in [0, 0.1) is 0 Å². The van der Waals surface area contributed by atoms with Crippen molar-refractivity contribution in [1.82, 2.24) is 0 Å². The number of hydrogen-bond acceptors (Lipinski definition) is 2. The minimum absolute atomic E-state index is 1.17. The van der Waals surface area contributed by atoms with Gasteiger partial charge in [0.1, 0.15) is 0 Å². The molecular formula is C32H30S2. The molecule has 0 nitrogen and oxygen atoms in total. The Labute approximate surface area is 209 Å². The Hall–Kier alpha value is -2.68. The maximum Gasteiger partial charge on any atom is 0.0455 e. The van der Waals surface area contributed by atoms with Crippen LogP contribution in [-0.4, -0.2) is 0 Å². The third-order valence-corrected chi connectivity index (χ3v) is 9.44. The van der Waals surface area contributed by atoms with Crippen LogP contribution in [0.4, 0.5) is 0 Å². The van der Waals surface area contributed by atoms with Crippen molar-refractivity contribution in [2.45, 2.75) is 52.4 Å². The molecule has 0 unspecified atom stereocenters. The van der Waals surface area contributed by atoms with Gasteiger partial charge in [-0.2, -0.15) is 0 Å². The first-order chi connectivity index (χ1) is 16.7. The van der Waals surface area contributed by atoms with Gasteiger partial charge in [0, 0.05) is 29.9 Å². The largest absolute Gasteiger partial charge is 0.134 e. The standard InChI is InChI=1S/C32H30S2/c1-3-5-7-21-9-11-23-13-15-29-27(25(23)17-21)19-31(33-29)32-20-28-26-18-22(8-6-4-2)10-12-24(26)14-16-30(28)34-32/h9-20H,3-8H2,1-2H3. The van der Waals surface area contributed by atoms with Crippen LogP contribution in [-0.2, 0) is 12.8 Å². The third-order valence-electron chi connectivity index (χ3n) is 7.05. The van der Waals surface area contributed by atoms with Crippen molar-refractivity contribution in [2.75, 3.05) is 0 Å². The van der Waals surface area contributed by atoms with Crippen LogP contribution in [0.3, 0.4) is 0 Å². The maximum atomic E-state index is 2.44. The van der Waals surface area contributed by atoms with E-state index in [0.717, 1.165) is 0 Å². The van der Waals surface area contributed by atoms with Gasteiger partial charge < -0.3 is 0 Å². The van der Waals surface area contributed by atoms with Gasteiger partial charge in [-0.15, -0.1) is 22.7 Å². The quantitative estimate of drug-likeness (QED) is 0.214. The van der Waals surface area contributed by atoms with Crippen LogP contribution in [0.1, 0.15) is 50.7 Å². The Morgan fingerprint density at radius 1 is 0.500 bits per heavy atom. The van der Waals surface area contributed by atoms with E-state index in [-0.39, 0.29) is 0 Å². The number of fused-ring (bicyclic) bond motifs is 6. The van der Waals surface area contributed by atoms with Crippen LogP contribution in [0.25, 0.3) is 51.5 Å². The van der Waals surface area contributed by atoms with Gasteiger partial charge in [-0.3, -0.25) is 0 Å². The molecule has 0 atom stereocenters. The Bertz CT molecular complexity index is 1510. The van der Waals surface area contributed by atoms with Crippen molar-refractivity contribution < 1.29 is 0 Å². The summed E-state index contributed by atoms with van der Waals surface area (Å²) in [5.74, 6) is 0. The number of unbranched alkanes of at least 4 members (excludes halogenated alkanes) is 2. The number of thiophene rings is 2. The summed E-state index contributed by atoms with van der Waals surface area (Å²) < 4.78 is 2.78. The van der Waals surface area contributed by atoms with E-state index in [1.54, 1.807) is 0 Å². The molecule has 2 aromatic heterocycles. The molecule has 170 valence electrons. The molecular weight excluding hydrogens is 448 g/mol. The summed E-state index contributed by atoms with van der Waals surface area (Å²) in [4.78, 5) is 2.77. The lowest BCUT2D eigenvalue weighted by atomic mass is 10.0. The molecule has 34 heavy (non-hydrogen) atoms. The molecule has 0 saturated carbocycles. The summed E-state index contributed by atoms with van der Waals surface area (Å²) in [6.07, 6.45) is 7.34. The van der Waals surface area contributed by atoms with Gasteiger partial charge in [0.2, 0.25) is 0 Å². The molecule has 0 aliphatic rings. The zero-order valence-electron chi connectivity index (χ0n) is 20.0. The zero-order chi connectivity index (χ0) is 23.1. The number of benzene rings is 4. The Morgan fingerprint density at radius 3 is 1.38 bits per heavy atom. The fourth-order valence-electron chi connectivity index (χ4n) is 5.09. The molecule has 0 N–H and O–H groups in total. The maximum absolute atomic E-state index is 2.44. The highest BCUT2D eigenvalue weighted by Crippen LogP contribution is 2.43. The second kappa shape index (κ2) is 9.17. The molecule has 2 heterocycles. The van der Waals surface area contributed by atoms with Gasteiger partial charge in [0.15, 0.2) is 0 Å². The highest BCUT2D eigenvalue weighted by atomic mass is 32.1. The molecule has 0 amide bonds. The van der Waals surface area contributed by atoms with Crippen molar-refractivity contribution in [2.24, 2.45) is 0 Å². The van der Waals surface area contributed by atoms with Gasteiger partial charge >= 0.3 is 0 Å². The molecule has 0 spiro atoms. The molecule has 0 bridgehead atoms. The van der Waals surface area contributed by atoms with Crippen LogP contribution in [0.15, 0.2) is 72.8 Å². The molecule has 0 radical (unpaired) electrons. The van der Waals surface area contributed by atoms with Crippen molar-refractivity contribution in [3.05, 3.63) is 83.9 Å². The molecule has 6 rings (SSSR count). The minimum atomic E-state index is 1.17. The topological polar surface area (TPSA) is 0 Å². The average molecular weight is 479 g/mol. The highest BCUT2D eigenvalue weighted by Gasteiger charge is 2.13. The number of aryl methyl sites for hydroxylation is 2. The average Bonchev–Trinajstić information content (AvgIpc) is 3.50. The van der Waals surface area contributed by atoms with Crippen molar-refractivity contribution in [3.63, 3.8) is 0 Å². The monoisotopic (exact) mass is 478 g/mol. The first-order valence-corrected chi connectivity index (χ1v) is 14.3. The lowest BCUT2D eigenvalue weighted by Crippen LogP contribution is -1.85.